The van der Waals surface area contributed by atoms with Crippen molar-refractivity contribution in [1.29, 1.82) is 0 Å². The zero-order chi connectivity index (χ0) is 31.1. The summed E-state index contributed by atoms with van der Waals surface area (Å²) in [4.78, 5) is 48.3. The van der Waals surface area contributed by atoms with Crippen LogP contribution >= 0.6 is 23.8 Å². The van der Waals surface area contributed by atoms with Gasteiger partial charge >= 0.3 is 17.9 Å². The van der Waals surface area contributed by atoms with E-state index >= 15 is 0 Å². The predicted molar refractivity (Wildman–Crippen MR) is 151 cm³/mol. The van der Waals surface area contributed by atoms with Crippen molar-refractivity contribution in [1.82, 2.24) is 19.7 Å². The molecule has 13 nitrogen and oxygen atoms in total. The Morgan fingerprint density at radius 3 is 2.21 bits per heavy atom. The number of carbonyl (C=O) groups is 4. The van der Waals surface area contributed by atoms with Crippen molar-refractivity contribution in [2.75, 3.05) is 6.61 Å². The summed E-state index contributed by atoms with van der Waals surface area (Å²) in [5.41, 5.74) is 0. The molecule has 1 unspecified atom stereocenters. The number of aromatic nitrogens is 3. The average molecular weight is 627 g/mol. The summed E-state index contributed by atoms with van der Waals surface area (Å²) in [5.74, 6) is -1.48. The second-order valence-electron chi connectivity index (χ2n) is 9.76. The molecular weight excluding hydrogens is 592 g/mol. The minimum absolute atomic E-state index is 0.0282. The fourth-order valence-electron chi connectivity index (χ4n) is 4.52. The van der Waals surface area contributed by atoms with Crippen LogP contribution in [-0.2, 0) is 44.7 Å². The molecular formula is C27H35ClN4O9S. The number of nitrogens with one attached hydrogen (secondary N) is 1. The third-order valence-corrected chi connectivity index (χ3v) is 7.08. The van der Waals surface area contributed by atoms with Gasteiger partial charge in [-0.2, -0.15) is 5.10 Å². The lowest BCUT2D eigenvalue weighted by atomic mass is 9.95. The SMILES string of the molecule is CCC(C)n1c(COc2ccc(Cl)cc2)nn([C@@H]2O[C@H](COC(C)=O)[C@@H](OC(C)=O)[C@H](OC(C)=O)[C@H]2NC(C)=O)c1=S. The fraction of sp³-hybridized carbons (Fsp3) is 0.556. The van der Waals surface area contributed by atoms with E-state index in [1.807, 2.05) is 13.8 Å². The molecule has 42 heavy (non-hydrogen) atoms. The van der Waals surface area contributed by atoms with Crippen molar-refractivity contribution in [2.45, 2.75) is 91.2 Å². The summed E-state index contributed by atoms with van der Waals surface area (Å²) in [6, 6.07) is 5.62. The Bertz CT molecular complexity index is 1350. The van der Waals surface area contributed by atoms with E-state index in [4.69, 9.17) is 52.6 Å². The Morgan fingerprint density at radius 2 is 1.67 bits per heavy atom. The maximum absolute atomic E-state index is 12.4. The molecule has 2 aromatic rings. The first-order valence-electron chi connectivity index (χ1n) is 13.3. The topological polar surface area (TPSA) is 149 Å². The summed E-state index contributed by atoms with van der Waals surface area (Å²) in [6.45, 7) is 8.46. The van der Waals surface area contributed by atoms with E-state index in [0.29, 0.717) is 23.0 Å². The van der Waals surface area contributed by atoms with Gasteiger partial charge in [-0.05, 0) is 49.8 Å². The van der Waals surface area contributed by atoms with Crippen LogP contribution in [0.5, 0.6) is 5.75 Å². The molecule has 0 spiro atoms. The van der Waals surface area contributed by atoms with Gasteiger partial charge in [0.1, 0.15) is 31.1 Å². The Balaban J connectivity index is 2.13. The van der Waals surface area contributed by atoms with E-state index in [-0.39, 0.29) is 24.0 Å². The van der Waals surface area contributed by atoms with Gasteiger partial charge in [-0.25, -0.2) is 4.68 Å². The molecule has 3 rings (SSSR count). The first kappa shape index (κ1) is 33.0. The molecule has 1 N–H and O–H groups in total. The van der Waals surface area contributed by atoms with Gasteiger partial charge in [0.2, 0.25) is 10.7 Å². The lowest BCUT2D eigenvalue weighted by Crippen LogP contribution is -2.64. The van der Waals surface area contributed by atoms with Crippen molar-refractivity contribution in [3.05, 3.63) is 39.9 Å². The lowest BCUT2D eigenvalue weighted by Gasteiger charge is -2.45. The Hall–Kier alpha value is -3.49. The highest BCUT2D eigenvalue weighted by molar-refractivity contribution is 7.71. The molecule has 1 saturated heterocycles. The molecule has 15 heteroatoms. The maximum Gasteiger partial charge on any atom is 0.303 e. The van der Waals surface area contributed by atoms with E-state index in [1.165, 1.54) is 32.4 Å². The van der Waals surface area contributed by atoms with Crippen LogP contribution in [0.3, 0.4) is 0 Å². The van der Waals surface area contributed by atoms with Crippen molar-refractivity contribution < 1.29 is 42.9 Å². The van der Waals surface area contributed by atoms with E-state index in [9.17, 15) is 19.2 Å². The van der Waals surface area contributed by atoms with Crippen LogP contribution in [0.15, 0.2) is 24.3 Å². The third kappa shape index (κ3) is 8.29. The minimum Gasteiger partial charge on any atom is -0.486 e. The molecule has 0 bridgehead atoms. The maximum atomic E-state index is 12.4. The van der Waals surface area contributed by atoms with Gasteiger partial charge < -0.3 is 29.0 Å². The normalized spacial score (nSPS) is 22.5. The smallest absolute Gasteiger partial charge is 0.303 e. The lowest BCUT2D eigenvalue weighted by molar-refractivity contribution is -0.239. The van der Waals surface area contributed by atoms with Crippen molar-refractivity contribution in [2.24, 2.45) is 0 Å². The monoisotopic (exact) mass is 626 g/mol. The molecule has 0 radical (unpaired) electrons. The predicted octanol–water partition coefficient (Wildman–Crippen LogP) is 3.45. The number of esters is 3. The summed E-state index contributed by atoms with van der Waals surface area (Å²) in [6.07, 6.45) is -4.07. The summed E-state index contributed by atoms with van der Waals surface area (Å²) in [5, 5.41) is 8.01. The van der Waals surface area contributed by atoms with E-state index in [0.717, 1.165) is 0 Å². The summed E-state index contributed by atoms with van der Waals surface area (Å²) < 4.78 is 31.9. The van der Waals surface area contributed by atoms with E-state index in [2.05, 4.69) is 5.32 Å². The van der Waals surface area contributed by atoms with Crippen LogP contribution < -0.4 is 10.1 Å². The van der Waals surface area contributed by atoms with Gasteiger partial charge in [-0.3, -0.25) is 23.7 Å². The van der Waals surface area contributed by atoms with Gasteiger partial charge in [0, 0.05) is 38.8 Å². The molecule has 1 aromatic carbocycles. The van der Waals surface area contributed by atoms with Crippen LogP contribution in [0.25, 0.3) is 0 Å². The number of benzene rings is 1. The van der Waals surface area contributed by atoms with Gasteiger partial charge in [-0.1, -0.05) is 18.5 Å². The number of amides is 1. The Labute approximate surface area is 253 Å². The van der Waals surface area contributed by atoms with Gasteiger partial charge in [0.15, 0.2) is 24.3 Å². The van der Waals surface area contributed by atoms with Crippen molar-refractivity contribution >= 4 is 47.6 Å². The number of rotatable bonds is 11. The van der Waals surface area contributed by atoms with Gasteiger partial charge in [-0.15, -0.1) is 0 Å². The first-order valence-corrected chi connectivity index (χ1v) is 14.1. The quantitative estimate of drug-likeness (QED) is 0.222. The van der Waals surface area contributed by atoms with Crippen molar-refractivity contribution in [3.8, 4) is 5.75 Å². The van der Waals surface area contributed by atoms with Crippen LogP contribution in [0.4, 0.5) is 0 Å². The highest BCUT2D eigenvalue weighted by Crippen LogP contribution is 2.33. The molecule has 230 valence electrons. The third-order valence-electron chi connectivity index (χ3n) is 6.45. The standard InChI is InChI=1S/C27H35ClN4O9S/c1-7-14(2)31-22(13-38-20-10-8-19(28)9-11-20)30-32(27(31)42)26-23(29-15(3)33)25(40-18(6)36)24(39-17(5)35)21(41-26)12-37-16(4)34/h8-11,14,21,23-26H,7,12-13H2,1-6H3,(H,29,33)/t14?,21-,23-,24-,25-,26-/m1/s1. The molecule has 0 saturated carbocycles. The minimum atomic E-state index is -1.25. The number of halogens is 1. The van der Waals surface area contributed by atoms with Gasteiger partial charge in [0.25, 0.3) is 0 Å². The molecule has 6 atom stereocenters. The molecule has 1 aliphatic heterocycles. The number of hydrogen-bond donors (Lipinski definition) is 1. The van der Waals surface area contributed by atoms with Crippen LogP contribution in [0.1, 0.15) is 66.1 Å². The molecule has 1 amide bonds. The Kier molecular flexibility index (Phi) is 11.5. The molecule has 2 heterocycles. The molecule has 0 aliphatic carbocycles. The van der Waals surface area contributed by atoms with Crippen LogP contribution in [0.2, 0.25) is 5.02 Å². The fourth-order valence-corrected chi connectivity index (χ4v) is 5.08. The Morgan fingerprint density at radius 1 is 1.05 bits per heavy atom. The largest absolute Gasteiger partial charge is 0.486 e. The van der Waals surface area contributed by atoms with Crippen LogP contribution in [0, 0.1) is 4.77 Å². The summed E-state index contributed by atoms with van der Waals surface area (Å²) >= 11 is 11.8. The second kappa shape index (κ2) is 14.6. The number of hydrogen-bond acceptors (Lipinski definition) is 11. The van der Waals surface area contributed by atoms with Crippen LogP contribution in [-0.4, -0.2) is 69.1 Å². The highest BCUT2D eigenvalue weighted by Gasteiger charge is 2.52. The molecule has 1 fully saturated rings. The first-order chi connectivity index (χ1) is 19.8. The zero-order valence-electron chi connectivity index (χ0n) is 24.2. The van der Waals surface area contributed by atoms with Gasteiger partial charge in [0.05, 0.1) is 0 Å². The number of ether oxygens (including phenoxy) is 5. The molecule has 1 aromatic heterocycles. The van der Waals surface area contributed by atoms with E-state index in [1.54, 1.807) is 28.8 Å². The number of carbonyl (C=O) groups excluding carboxylic acids is 4. The second-order valence-corrected chi connectivity index (χ2v) is 10.6. The molecule has 1 aliphatic rings. The summed E-state index contributed by atoms with van der Waals surface area (Å²) in [7, 11) is 0. The van der Waals surface area contributed by atoms with Crippen molar-refractivity contribution in [3.63, 3.8) is 0 Å². The highest BCUT2D eigenvalue weighted by atomic mass is 35.5. The average Bonchev–Trinajstić information content (AvgIpc) is 3.24. The zero-order valence-corrected chi connectivity index (χ0v) is 25.8. The number of nitrogens with zero attached hydrogens (tertiary/aromatic N) is 3. The van der Waals surface area contributed by atoms with E-state index < -0.39 is 54.4 Å².